The minimum atomic E-state index is -1.55. The lowest BCUT2D eigenvalue weighted by atomic mass is 10.0. The summed E-state index contributed by atoms with van der Waals surface area (Å²) in [7, 11) is -1.55. The third-order valence-electron chi connectivity index (χ3n) is 4.44. The van der Waals surface area contributed by atoms with Crippen molar-refractivity contribution in [3.05, 3.63) is 47.1 Å². The molecule has 0 saturated heterocycles. The Hall–Kier alpha value is -1.65. The van der Waals surface area contributed by atoms with Crippen molar-refractivity contribution in [1.82, 2.24) is 9.88 Å². The molecule has 0 fully saturated rings. The standard InChI is InChI=1S/C21H29ClN2OSi/c1-14(2)24(15(3)4)21(25)17-11-9-8-10-16(17)19-12-18(22)20(13-23-19)26(5,6)7/h8-15H,1-7H3. The SMILES string of the molecule is CC(C)N(C(=O)c1ccccc1-c1cc(Cl)c([Si](C)(C)C)cn1)C(C)C. The van der Waals surface area contributed by atoms with E-state index in [-0.39, 0.29) is 18.0 Å². The highest BCUT2D eigenvalue weighted by Crippen LogP contribution is 2.26. The number of rotatable bonds is 5. The molecule has 1 amide bonds. The summed E-state index contributed by atoms with van der Waals surface area (Å²) in [5.74, 6) is 0.0257. The minimum absolute atomic E-state index is 0.0257. The molecule has 26 heavy (non-hydrogen) atoms. The number of pyridine rings is 1. The second kappa shape index (κ2) is 7.93. The van der Waals surface area contributed by atoms with Gasteiger partial charge in [0.05, 0.1) is 13.8 Å². The Bertz CT molecular complexity index is 789. The Morgan fingerprint density at radius 1 is 1.08 bits per heavy atom. The van der Waals surface area contributed by atoms with Crippen LogP contribution < -0.4 is 5.19 Å². The van der Waals surface area contributed by atoms with Crippen LogP contribution >= 0.6 is 11.6 Å². The topological polar surface area (TPSA) is 33.2 Å². The number of carbonyl (C=O) groups is 1. The van der Waals surface area contributed by atoms with Gasteiger partial charge in [0.25, 0.3) is 5.91 Å². The monoisotopic (exact) mass is 388 g/mol. The number of carbonyl (C=O) groups excluding carboxylic acids is 1. The molecule has 2 rings (SSSR count). The van der Waals surface area contributed by atoms with Crippen molar-refractivity contribution >= 4 is 30.8 Å². The molecule has 0 N–H and O–H groups in total. The molecule has 0 saturated carbocycles. The Kier molecular flexibility index (Phi) is 6.30. The average Bonchev–Trinajstić information content (AvgIpc) is 2.52. The van der Waals surface area contributed by atoms with Crippen LogP contribution in [0.2, 0.25) is 24.7 Å². The van der Waals surface area contributed by atoms with Gasteiger partial charge in [-0.3, -0.25) is 9.78 Å². The molecule has 1 aromatic carbocycles. The maximum absolute atomic E-state index is 13.2. The zero-order chi connectivity index (χ0) is 19.6. The summed E-state index contributed by atoms with van der Waals surface area (Å²) in [4.78, 5) is 19.8. The molecule has 5 heteroatoms. The van der Waals surface area contributed by atoms with Crippen LogP contribution in [-0.4, -0.2) is 35.9 Å². The van der Waals surface area contributed by atoms with Gasteiger partial charge in [-0.15, -0.1) is 0 Å². The van der Waals surface area contributed by atoms with Gasteiger partial charge in [0, 0.05) is 34.4 Å². The van der Waals surface area contributed by atoms with Crippen molar-refractivity contribution in [2.45, 2.75) is 59.4 Å². The first-order valence-corrected chi connectivity index (χ1v) is 13.0. The van der Waals surface area contributed by atoms with Crippen LogP contribution in [0.1, 0.15) is 38.1 Å². The van der Waals surface area contributed by atoms with Crippen molar-refractivity contribution < 1.29 is 4.79 Å². The molecule has 0 bridgehead atoms. The molecule has 140 valence electrons. The fourth-order valence-corrected chi connectivity index (χ4v) is 5.47. The van der Waals surface area contributed by atoms with E-state index in [0.29, 0.717) is 5.56 Å². The first-order chi connectivity index (χ1) is 12.0. The molecular formula is C21H29ClN2OSi. The smallest absolute Gasteiger partial charge is 0.255 e. The molecule has 0 spiro atoms. The van der Waals surface area contributed by atoms with Gasteiger partial charge >= 0.3 is 0 Å². The maximum Gasteiger partial charge on any atom is 0.255 e. The number of hydrogen-bond acceptors (Lipinski definition) is 2. The van der Waals surface area contributed by atoms with E-state index in [1.807, 2.05) is 69.1 Å². The fraction of sp³-hybridized carbons (Fsp3) is 0.429. The molecule has 0 atom stereocenters. The van der Waals surface area contributed by atoms with Crippen LogP contribution in [0.15, 0.2) is 36.5 Å². The highest BCUT2D eigenvalue weighted by molar-refractivity contribution is 6.90. The van der Waals surface area contributed by atoms with Crippen LogP contribution in [0.4, 0.5) is 0 Å². The predicted octanol–water partition coefficient (Wildman–Crippen LogP) is 5.21. The minimum Gasteiger partial charge on any atom is -0.334 e. The molecule has 1 aromatic heterocycles. The van der Waals surface area contributed by atoms with Gasteiger partial charge in [0.2, 0.25) is 0 Å². The Morgan fingerprint density at radius 2 is 1.65 bits per heavy atom. The highest BCUT2D eigenvalue weighted by atomic mass is 35.5. The molecule has 0 radical (unpaired) electrons. The number of hydrogen-bond donors (Lipinski definition) is 0. The van der Waals surface area contributed by atoms with Gasteiger partial charge in [-0.2, -0.15) is 0 Å². The zero-order valence-electron chi connectivity index (χ0n) is 16.8. The van der Waals surface area contributed by atoms with Crippen molar-refractivity contribution in [2.24, 2.45) is 0 Å². The first kappa shape index (κ1) is 20.7. The molecule has 0 aliphatic rings. The van der Waals surface area contributed by atoms with Crippen LogP contribution in [0.5, 0.6) is 0 Å². The van der Waals surface area contributed by atoms with Crippen LogP contribution in [0.25, 0.3) is 11.3 Å². The predicted molar refractivity (Wildman–Crippen MR) is 114 cm³/mol. The third kappa shape index (κ3) is 4.36. The van der Waals surface area contributed by atoms with Crippen LogP contribution in [0, 0.1) is 0 Å². The second-order valence-electron chi connectivity index (χ2n) is 8.24. The summed E-state index contributed by atoms with van der Waals surface area (Å²) in [5, 5.41) is 1.87. The van der Waals surface area contributed by atoms with E-state index in [1.54, 1.807) is 0 Å². The Morgan fingerprint density at radius 3 is 2.15 bits per heavy atom. The Balaban J connectivity index is 2.54. The van der Waals surface area contributed by atoms with E-state index >= 15 is 0 Å². The normalized spacial score (nSPS) is 11.9. The van der Waals surface area contributed by atoms with E-state index < -0.39 is 8.07 Å². The number of amides is 1. The first-order valence-electron chi connectivity index (χ1n) is 9.12. The number of nitrogens with zero attached hydrogens (tertiary/aromatic N) is 2. The third-order valence-corrected chi connectivity index (χ3v) is 6.93. The zero-order valence-corrected chi connectivity index (χ0v) is 18.6. The second-order valence-corrected chi connectivity index (χ2v) is 13.7. The number of aromatic nitrogens is 1. The van der Waals surface area contributed by atoms with Crippen molar-refractivity contribution in [1.29, 1.82) is 0 Å². The Labute approximate surface area is 163 Å². The van der Waals surface area contributed by atoms with Crippen molar-refractivity contribution in [2.75, 3.05) is 0 Å². The number of halogens is 1. The van der Waals surface area contributed by atoms with E-state index in [4.69, 9.17) is 11.6 Å². The van der Waals surface area contributed by atoms with Gasteiger partial charge in [0.1, 0.15) is 0 Å². The summed E-state index contributed by atoms with van der Waals surface area (Å²) in [5.41, 5.74) is 2.24. The molecule has 2 aromatic rings. The van der Waals surface area contributed by atoms with Gasteiger partial charge < -0.3 is 4.90 Å². The van der Waals surface area contributed by atoms with Crippen LogP contribution in [0.3, 0.4) is 0 Å². The van der Waals surface area contributed by atoms with E-state index in [1.165, 1.54) is 0 Å². The lowest BCUT2D eigenvalue weighted by molar-refractivity contribution is 0.0644. The molecule has 3 nitrogen and oxygen atoms in total. The van der Waals surface area contributed by atoms with Gasteiger partial charge in [-0.25, -0.2) is 0 Å². The fourth-order valence-electron chi connectivity index (χ4n) is 3.23. The van der Waals surface area contributed by atoms with E-state index in [9.17, 15) is 4.79 Å². The lowest BCUT2D eigenvalue weighted by Crippen LogP contribution is -2.42. The van der Waals surface area contributed by atoms with E-state index in [0.717, 1.165) is 21.5 Å². The summed E-state index contributed by atoms with van der Waals surface area (Å²) in [6.07, 6.45) is 1.88. The van der Waals surface area contributed by atoms with Gasteiger partial charge in [0.15, 0.2) is 0 Å². The lowest BCUT2D eigenvalue weighted by Gasteiger charge is -2.31. The van der Waals surface area contributed by atoms with Crippen molar-refractivity contribution in [3.63, 3.8) is 0 Å². The highest BCUT2D eigenvalue weighted by Gasteiger charge is 2.25. The summed E-state index contributed by atoms with van der Waals surface area (Å²) in [6.45, 7) is 14.9. The summed E-state index contributed by atoms with van der Waals surface area (Å²) >= 11 is 6.56. The van der Waals surface area contributed by atoms with Crippen molar-refractivity contribution in [3.8, 4) is 11.3 Å². The average molecular weight is 389 g/mol. The summed E-state index contributed by atoms with van der Waals surface area (Å²) < 4.78 is 0. The quantitative estimate of drug-likeness (QED) is 0.659. The van der Waals surface area contributed by atoms with Gasteiger partial charge in [-0.1, -0.05) is 49.4 Å². The molecule has 1 heterocycles. The van der Waals surface area contributed by atoms with E-state index in [2.05, 4.69) is 24.6 Å². The number of benzene rings is 1. The molecular weight excluding hydrogens is 360 g/mol. The largest absolute Gasteiger partial charge is 0.334 e. The molecule has 0 aliphatic carbocycles. The summed E-state index contributed by atoms with van der Waals surface area (Å²) in [6, 6.07) is 9.80. The maximum atomic E-state index is 13.2. The molecule has 0 unspecified atom stereocenters. The van der Waals surface area contributed by atoms with Crippen LogP contribution in [-0.2, 0) is 0 Å². The molecule has 0 aliphatic heterocycles. The van der Waals surface area contributed by atoms with Gasteiger partial charge in [-0.05, 0) is 45.0 Å².